The largest absolute Gasteiger partial charge is 0.368 e. The van der Waals surface area contributed by atoms with E-state index in [1.165, 1.54) is 6.42 Å². The van der Waals surface area contributed by atoms with Crippen LogP contribution in [0.15, 0.2) is 0 Å². The van der Waals surface area contributed by atoms with Gasteiger partial charge in [-0.15, -0.1) is 0 Å². The average molecular weight is 239 g/mol. The van der Waals surface area contributed by atoms with E-state index in [0.717, 1.165) is 38.8 Å². The highest BCUT2D eigenvalue weighted by atomic mass is 16.2. The molecule has 17 heavy (non-hydrogen) atoms. The molecule has 1 saturated heterocycles. The van der Waals surface area contributed by atoms with Crippen molar-refractivity contribution in [3.05, 3.63) is 0 Å². The fourth-order valence-corrected chi connectivity index (χ4v) is 2.22. The molecule has 2 rings (SSSR count). The number of hydrogen-bond donors (Lipinski definition) is 2. The van der Waals surface area contributed by atoms with Crippen molar-refractivity contribution in [2.45, 2.75) is 50.6 Å². The highest BCUT2D eigenvalue weighted by molar-refractivity contribution is 5.87. The van der Waals surface area contributed by atoms with Crippen LogP contribution >= 0.6 is 0 Å². The summed E-state index contributed by atoms with van der Waals surface area (Å²) >= 11 is 0. The van der Waals surface area contributed by atoms with Crippen LogP contribution in [-0.2, 0) is 9.59 Å². The zero-order valence-electron chi connectivity index (χ0n) is 10.2. The van der Waals surface area contributed by atoms with Gasteiger partial charge in [-0.05, 0) is 32.1 Å². The quantitative estimate of drug-likeness (QED) is 0.709. The van der Waals surface area contributed by atoms with Crippen molar-refractivity contribution in [3.8, 4) is 0 Å². The molecule has 96 valence electrons. The second-order valence-electron chi connectivity index (χ2n) is 5.04. The van der Waals surface area contributed by atoms with E-state index in [-0.39, 0.29) is 12.3 Å². The third kappa shape index (κ3) is 3.70. The third-order valence-electron chi connectivity index (χ3n) is 3.45. The molecule has 0 aromatic rings. The van der Waals surface area contributed by atoms with Crippen LogP contribution in [-0.4, -0.2) is 41.9 Å². The van der Waals surface area contributed by atoms with Crippen molar-refractivity contribution in [2.75, 3.05) is 13.1 Å². The predicted molar refractivity (Wildman–Crippen MR) is 64.2 cm³/mol. The Bertz CT molecular complexity index is 296. The van der Waals surface area contributed by atoms with Crippen molar-refractivity contribution < 1.29 is 9.59 Å². The number of rotatable bonds is 5. The first-order chi connectivity index (χ1) is 8.16. The molecule has 1 unspecified atom stereocenters. The van der Waals surface area contributed by atoms with E-state index in [1.54, 1.807) is 0 Å². The summed E-state index contributed by atoms with van der Waals surface area (Å²) < 4.78 is 0. The maximum absolute atomic E-state index is 12.0. The van der Waals surface area contributed by atoms with Gasteiger partial charge in [0, 0.05) is 19.1 Å². The number of hydrogen-bond acceptors (Lipinski definition) is 3. The molecule has 2 fully saturated rings. The maximum atomic E-state index is 12.0. The van der Waals surface area contributed by atoms with Gasteiger partial charge in [0.25, 0.3) is 0 Å². The van der Waals surface area contributed by atoms with Gasteiger partial charge in [-0.1, -0.05) is 0 Å². The van der Waals surface area contributed by atoms with E-state index in [2.05, 4.69) is 5.32 Å². The number of carbonyl (C=O) groups is 2. The van der Waals surface area contributed by atoms with Gasteiger partial charge in [0.15, 0.2) is 0 Å². The Morgan fingerprint density at radius 3 is 2.41 bits per heavy atom. The lowest BCUT2D eigenvalue weighted by Crippen LogP contribution is -2.47. The van der Waals surface area contributed by atoms with Crippen LogP contribution in [0.25, 0.3) is 0 Å². The van der Waals surface area contributed by atoms with E-state index in [0.29, 0.717) is 6.04 Å². The minimum atomic E-state index is -0.489. The molecule has 1 aliphatic carbocycles. The Balaban J connectivity index is 1.82. The molecule has 2 aliphatic rings. The number of amides is 2. The van der Waals surface area contributed by atoms with Crippen molar-refractivity contribution in [2.24, 2.45) is 5.73 Å². The number of carbonyl (C=O) groups excluding carboxylic acids is 2. The van der Waals surface area contributed by atoms with Crippen LogP contribution in [0.5, 0.6) is 0 Å². The van der Waals surface area contributed by atoms with E-state index >= 15 is 0 Å². The highest BCUT2D eigenvalue weighted by Gasteiger charge is 2.30. The molecule has 0 radical (unpaired) electrons. The molecule has 1 heterocycles. The Hall–Kier alpha value is -1.10. The minimum absolute atomic E-state index is 0.0571. The fraction of sp³-hybridized carbons (Fsp3) is 0.833. The number of nitrogens with two attached hydrogens (primary N) is 1. The van der Waals surface area contributed by atoms with Gasteiger partial charge in [0.1, 0.15) is 0 Å². The van der Waals surface area contributed by atoms with Gasteiger partial charge in [0.05, 0.1) is 12.5 Å². The molecule has 0 bridgehead atoms. The molecule has 5 nitrogen and oxygen atoms in total. The van der Waals surface area contributed by atoms with Crippen molar-refractivity contribution >= 4 is 11.8 Å². The topological polar surface area (TPSA) is 75.4 Å². The van der Waals surface area contributed by atoms with Gasteiger partial charge in [-0.2, -0.15) is 0 Å². The Labute approximate surface area is 102 Å². The number of likely N-dealkylation sites (tertiary alicyclic amines) is 1. The molecule has 1 aliphatic heterocycles. The van der Waals surface area contributed by atoms with Gasteiger partial charge in [-0.25, -0.2) is 0 Å². The van der Waals surface area contributed by atoms with Gasteiger partial charge >= 0.3 is 0 Å². The van der Waals surface area contributed by atoms with E-state index in [1.807, 2.05) is 4.90 Å². The number of primary amides is 1. The second-order valence-corrected chi connectivity index (χ2v) is 5.04. The van der Waals surface area contributed by atoms with Crippen LogP contribution < -0.4 is 11.1 Å². The van der Waals surface area contributed by atoms with Crippen LogP contribution in [0.2, 0.25) is 0 Å². The molecule has 2 amide bonds. The lowest BCUT2D eigenvalue weighted by atomic mass is 10.1. The van der Waals surface area contributed by atoms with Crippen molar-refractivity contribution in [1.82, 2.24) is 10.2 Å². The fourth-order valence-electron chi connectivity index (χ4n) is 2.22. The van der Waals surface area contributed by atoms with Crippen molar-refractivity contribution in [3.63, 3.8) is 0 Å². The normalized spacial score (nSPS) is 22.2. The summed E-state index contributed by atoms with van der Waals surface area (Å²) in [4.78, 5) is 25.1. The molecule has 1 saturated carbocycles. The van der Waals surface area contributed by atoms with Gasteiger partial charge in [-0.3, -0.25) is 9.59 Å². The van der Waals surface area contributed by atoms with E-state index < -0.39 is 11.9 Å². The van der Waals surface area contributed by atoms with Crippen LogP contribution in [0.4, 0.5) is 0 Å². The zero-order chi connectivity index (χ0) is 12.3. The number of piperidine rings is 1. The Morgan fingerprint density at radius 2 is 1.88 bits per heavy atom. The zero-order valence-corrected chi connectivity index (χ0v) is 10.2. The summed E-state index contributed by atoms with van der Waals surface area (Å²) in [5, 5.41) is 3.14. The summed E-state index contributed by atoms with van der Waals surface area (Å²) in [5.41, 5.74) is 5.32. The molecule has 1 atom stereocenters. The number of nitrogens with one attached hydrogen (secondary N) is 1. The summed E-state index contributed by atoms with van der Waals surface area (Å²) in [6.45, 7) is 1.65. The lowest BCUT2D eigenvalue weighted by Gasteiger charge is -2.28. The Morgan fingerprint density at radius 1 is 1.24 bits per heavy atom. The van der Waals surface area contributed by atoms with Gasteiger partial charge < -0.3 is 16.0 Å². The molecule has 0 aromatic carbocycles. The van der Waals surface area contributed by atoms with Crippen LogP contribution in [0.1, 0.15) is 38.5 Å². The van der Waals surface area contributed by atoms with Crippen LogP contribution in [0.3, 0.4) is 0 Å². The summed E-state index contributed by atoms with van der Waals surface area (Å²) in [6, 6.07) is -0.0985. The summed E-state index contributed by atoms with van der Waals surface area (Å²) in [5.74, 6) is -0.357. The molecule has 5 heteroatoms. The maximum Gasteiger partial charge on any atom is 0.235 e. The molecule has 0 aromatic heterocycles. The monoisotopic (exact) mass is 239 g/mol. The van der Waals surface area contributed by atoms with E-state index in [9.17, 15) is 9.59 Å². The first kappa shape index (κ1) is 12.4. The number of nitrogens with zero attached hydrogens (tertiary/aromatic N) is 1. The molecular formula is C12H21N3O2. The second kappa shape index (κ2) is 5.49. The first-order valence-corrected chi connectivity index (χ1v) is 6.50. The third-order valence-corrected chi connectivity index (χ3v) is 3.45. The summed E-state index contributed by atoms with van der Waals surface area (Å²) in [7, 11) is 0. The summed E-state index contributed by atoms with van der Waals surface area (Å²) in [6.07, 6.45) is 5.73. The van der Waals surface area contributed by atoms with Gasteiger partial charge in [0.2, 0.25) is 11.8 Å². The standard InChI is InChI=1S/C12H21N3O2/c13-12(17)10(14-9-4-5-9)8-11(16)15-6-2-1-3-7-15/h9-10,14H,1-8H2,(H2,13,17). The molecule has 0 spiro atoms. The average Bonchev–Trinajstić information content (AvgIpc) is 3.13. The predicted octanol–water partition coefficient (Wildman–Crippen LogP) is -0.00510. The first-order valence-electron chi connectivity index (χ1n) is 6.50. The Kier molecular flexibility index (Phi) is 3.99. The molecule has 3 N–H and O–H groups in total. The van der Waals surface area contributed by atoms with E-state index in [4.69, 9.17) is 5.73 Å². The van der Waals surface area contributed by atoms with Crippen molar-refractivity contribution in [1.29, 1.82) is 0 Å². The SMILES string of the molecule is NC(=O)C(CC(=O)N1CCCCC1)NC1CC1. The lowest BCUT2D eigenvalue weighted by molar-refractivity contribution is -0.135. The van der Waals surface area contributed by atoms with Crippen LogP contribution in [0, 0.1) is 0 Å². The minimum Gasteiger partial charge on any atom is -0.368 e. The molecular weight excluding hydrogens is 218 g/mol. The highest BCUT2D eigenvalue weighted by Crippen LogP contribution is 2.20. The smallest absolute Gasteiger partial charge is 0.235 e.